The lowest BCUT2D eigenvalue weighted by molar-refractivity contribution is -0.161. The normalized spacial score (nSPS) is 15.7. The zero-order valence-electron chi connectivity index (χ0n) is 37.7. The van der Waals surface area contributed by atoms with Crippen LogP contribution in [0.4, 0.5) is 0 Å². The van der Waals surface area contributed by atoms with Crippen LogP contribution in [0.15, 0.2) is 134 Å². The van der Waals surface area contributed by atoms with Crippen molar-refractivity contribution in [3.8, 4) is 0 Å². The van der Waals surface area contributed by atoms with Gasteiger partial charge in [0, 0.05) is 12.8 Å². The van der Waals surface area contributed by atoms with Gasteiger partial charge in [-0.25, -0.2) is 9.13 Å². The topological polar surface area (TPSA) is 216 Å². The van der Waals surface area contributed by atoms with Crippen molar-refractivity contribution in [2.24, 2.45) is 0 Å². The minimum Gasteiger partial charge on any atom is -0.462 e. The molecule has 16 heteroatoms. The first-order valence-corrected chi connectivity index (χ1v) is 25.0. The highest BCUT2D eigenvalue weighted by Gasteiger charge is 2.28. The Bertz CT molecular complexity index is 1650. The Morgan fingerprint density at radius 1 is 0.516 bits per heavy atom. The van der Waals surface area contributed by atoms with Crippen LogP contribution in [-0.4, -0.2) is 81.6 Å². The van der Waals surface area contributed by atoms with Crippen LogP contribution in [0, 0.1) is 0 Å². The number of allylic oxidation sites excluding steroid dienone is 20. The van der Waals surface area contributed by atoms with E-state index in [1.54, 1.807) is 12.2 Å². The van der Waals surface area contributed by atoms with Gasteiger partial charge in [-0.15, -0.1) is 0 Å². The predicted molar refractivity (Wildman–Crippen MR) is 254 cm³/mol. The van der Waals surface area contributed by atoms with Gasteiger partial charge in [0.15, 0.2) is 6.10 Å². The number of carbonyl (C=O) groups is 2. The Morgan fingerprint density at radius 2 is 0.984 bits per heavy atom. The highest BCUT2D eigenvalue weighted by molar-refractivity contribution is 7.47. The minimum absolute atomic E-state index is 0.0273. The molecule has 64 heavy (non-hydrogen) atoms. The van der Waals surface area contributed by atoms with Crippen molar-refractivity contribution in [2.45, 2.75) is 128 Å². The quantitative estimate of drug-likeness (QED) is 0.0127. The molecule has 2 unspecified atom stereocenters. The van der Waals surface area contributed by atoms with Gasteiger partial charge in [-0.3, -0.25) is 23.2 Å². The van der Waals surface area contributed by atoms with Gasteiger partial charge in [0.2, 0.25) is 0 Å². The van der Waals surface area contributed by atoms with Gasteiger partial charge in [0.1, 0.15) is 12.7 Å². The van der Waals surface area contributed by atoms with Crippen molar-refractivity contribution in [3.63, 3.8) is 0 Å². The summed E-state index contributed by atoms with van der Waals surface area (Å²) in [5, 5.41) is 19.8. The third-order valence-corrected chi connectivity index (χ3v) is 9.55. The third kappa shape index (κ3) is 44.8. The third-order valence-electron chi connectivity index (χ3n) is 8.12. The van der Waals surface area contributed by atoms with Crippen LogP contribution < -0.4 is 0 Å². The number of phosphoric ester groups is 2. The Morgan fingerprint density at radius 3 is 1.53 bits per heavy atom. The van der Waals surface area contributed by atoms with Gasteiger partial charge < -0.3 is 34.4 Å². The largest absolute Gasteiger partial charge is 0.472 e. The van der Waals surface area contributed by atoms with Gasteiger partial charge in [-0.05, 0) is 83.5 Å². The summed E-state index contributed by atoms with van der Waals surface area (Å²) in [5.74, 6) is -1.25. The number of esters is 2. The molecule has 5 N–H and O–H groups in total. The van der Waals surface area contributed by atoms with Gasteiger partial charge in [0.05, 0.1) is 25.9 Å². The lowest BCUT2D eigenvalue weighted by Crippen LogP contribution is -2.29. The fourth-order valence-corrected chi connectivity index (χ4v) is 6.00. The van der Waals surface area contributed by atoms with E-state index in [2.05, 4.69) is 89.7 Å². The SMILES string of the molecule is CC/C=C\C/C=C\C/C=C\C/C=C\C/C=C\C/C=C\CCC(=O)O[C@H](COC(=O)CCC/C=C\C/C=C\C=C\C(O)C/C=C\C/C=C\CC)COP(=O)(O)OC[C@@H](O)COP(=O)(O)O. The second-order valence-corrected chi connectivity index (χ2v) is 16.7. The average Bonchev–Trinajstić information content (AvgIpc) is 3.25. The van der Waals surface area contributed by atoms with Crippen LogP contribution in [0.2, 0.25) is 0 Å². The highest BCUT2D eigenvalue weighted by atomic mass is 31.2. The molecule has 0 aliphatic rings. The molecule has 0 aliphatic carbocycles. The van der Waals surface area contributed by atoms with E-state index in [0.29, 0.717) is 38.5 Å². The maximum absolute atomic E-state index is 12.6. The molecule has 0 spiro atoms. The molecule has 0 rings (SSSR count). The van der Waals surface area contributed by atoms with E-state index < -0.39 is 72.3 Å². The van der Waals surface area contributed by atoms with Crippen molar-refractivity contribution in [3.05, 3.63) is 134 Å². The summed E-state index contributed by atoms with van der Waals surface area (Å²) >= 11 is 0. The Kier molecular flexibility index (Phi) is 39.4. The summed E-state index contributed by atoms with van der Waals surface area (Å²) in [5.41, 5.74) is 0. The smallest absolute Gasteiger partial charge is 0.462 e. The molecular formula is C48H74O14P2. The first-order valence-electron chi connectivity index (χ1n) is 22.0. The van der Waals surface area contributed by atoms with Gasteiger partial charge >= 0.3 is 27.6 Å². The maximum Gasteiger partial charge on any atom is 0.472 e. The maximum atomic E-state index is 12.6. The summed E-state index contributed by atoms with van der Waals surface area (Å²) in [6.07, 6.45) is 50.7. The zero-order valence-corrected chi connectivity index (χ0v) is 39.5. The minimum atomic E-state index is -4.89. The number of rotatable bonds is 39. The number of unbranched alkanes of at least 4 members (excludes halogenated alkanes) is 1. The Hall–Kier alpha value is -3.78. The van der Waals surface area contributed by atoms with E-state index in [0.717, 1.165) is 44.9 Å². The summed E-state index contributed by atoms with van der Waals surface area (Å²) in [7, 11) is -9.76. The molecule has 0 bridgehead atoms. The monoisotopic (exact) mass is 936 g/mol. The molecule has 0 aromatic carbocycles. The zero-order chi connectivity index (χ0) is 47.4. The van der Waals surface area contributed by atoms with E-state index in [1.807, 2.05) is 54.7 Å². The van der Waals surface area contributed by atoms with Crippen LogP contribution in [0.3, 0.4) is 0 Å². The fourth-order valence-electron chi connectivity index (χ4n) is 4.84. The molecule has 0 aromatic rings. The van der Waals surface area contributed by atoms with Crippen molar-refractivity contribution < 1.29 is 66.7 Å². The molecule has 0 aromatic heterocycles. The molecule has 0 heterocycles. The molecule has 0 aliphatic heterocycles. The Labute approximate surface area is 381 Å². The summed E-state index contributed by atoms with van der Waals surface area (Å²) in [4.78, 5) is 52.7. The van der Waals surface area contributed by atoms with Gasteiger partial charge in [-0.1, -0.05) is 148 Å². The lowest BCUT2D eigenvalue weighted by Gasteiger charge is -2.20. The molecule has 14 nitrogen and oxygen atoms in total. The van der Waals surface area contributed by atoms with Crippen molar-refractivity contribution in [2.75, 3.05) is 26.4 Å². The average molecular weight is 937 g/mol. The molecule has 0 amide bonds. The van der Waals surface area contributed by atoms with Crippen LogP contribution in [0.25, 0.3) is 0 Å². The van der Waals surface area contributed by atoms with Crippen molar-refractivity contribution in [1.82, 2.24) is 0 Å². The van der Waals surface area contributed by atoms with Crippen LogP contribution in [0.1, 0.15) is 110 Å². The highest BCUT2D eigenvalue weighted by Crippen LogP contribution is 2.43. The fraction of sp³-hybridized carbons (Fsp3) is 0.500. The number of carbonyl (C=O) groups excluding carboxylic acids is 2. The van der Waals surface area contributed by atoms with Crippen molar-refractivity contribution in [1.29, 1.82) is 0 Å². The van der Waals surface area contributed by atoms with E-state index in [1.165, 1.54) is 0 Å². The number of aliphatic hydroxyl groups is 2. The number of aliphatic hydroxyl groups excluding tert-OH is 2. The second-order valence-electron chi connectivity index (χ2n) is 14.1. The van der Waals surface area contributed by atoms with E-state index in [4.69, 9.17) is 23.8 Å². The molecule has 0 fully saturated rings. The van der Waals surface area contributed by atoms with E-state index in [9.17, 15) is 33.8 Å². The number of phosphoric acid groups is 2. The van der Waals surface area contributed by atoms with Crippen LogP contribution >= 0.6 is 15.6 Å². The molecule has 4 atom stereocenters. The molecule has 0 saturated carbocycles. The van der Waals surface area contributed by atoms with Gasteiger partial charge in [-0.2, -0.15) is 0 Å². The molecule has 0 saturated heterocycles. The standard InChI is InChI=1S/C48H74O14P2/c1-3-5-7-9-11-12-13-14-15-16-17-18-19-20-21-22-27-31-35-39-48(52)62-46(43-61-64(56,57)60-41-45(50)40-59-63(53,54)55)42-58-47(51)38-34-30-26-24-23-25-29-33-37-44(49)36-32-28-10-8-6-4-2/h5-8,11-12,14-15,17-18,20-21,24-29,31-33,37,44-46,49-50H,3-4,9-10,13,16,19,22-23,30,34-36,38-43H2,1-2H3,(H,56,57)(H2,53,54,55)/b7-5-,8-6-,12-11-,15-14-,18-17-,21-20-,26-24-,29-25-,31-27-,32-28-,37-33+/t44?,45-,46+/m0/s1. The van der Waals surface area contributed by atoms with E-state index in [-0.39, 0.29) is 12.8 Å². The van der Waals surface area contributed by atoms with E-state index >= 15 is 0 Å². The Balaban J connectivity index is 4.81. The molecule has 0 radical (unpaired) electrons. The molecular weight excluding hydrogens is 862 g/mol. The van der Waals surface area contributed by atoms with Crippen LogP contribution in [-0.2, 0) is 41.8 Å². The molecule has 360 valence electrons. The van der Waals surface area contributed by atoms with Gasteiger partial charge in [0.25, 0.3) is 0 Å². The number of hydrogen-bond acceptors (Lipinski definition) is 11. The summed E-state index contributed by atoms with van der Waals surface area (Å²) < 4.78 is 47.6. The first kappa shape index (κ1) is 60.2. The first-order chi connectivity index (χ1) is 30.8. The number of hydrogen-bond donors (Lipinski definition) is 5. The van der Waals surface area contributed by atoms with Crippen molar-refractivity contribution >= 4 is 27.6 Å². The number of ether oxygens (including phenoxy) is 2. The second kappa shape index (κ2) is 41.9. The summed E-state index contributed by atoms with van der Waals surface area (Å²) in [6.45, 7) is 1.26. The predicted octanol–water partition coefficient (Wildman–Crippen LogP) is 10.4. The lowest BCUT2D eigenvalue weighted by atomic mass is 10.2. The summed E-state index contributed by atoms with van der Waals surface area (Å²) in [6, 6.07) is 0. The van der Waals surface area contributed by atoms with Crippen LogP contribution in [0.5, 0.6) is 0 Å².